The number of morpholine rings is 1. The van der Waals surface area contributed by atoms with Crippen molar-refractivity contribution in [3.8, 4) is 0 Å². The third kappa shape index (κ3) is 4.84. The van der Waals surface area contributed by atoms with Crippen molar-refractivity contribution in [2.75, 3.05) is 19.7 Å². The van der Waals surface area contributed by atoms with Crippen molar-refractivity contribution < 1.29 is 27.1 Å². The minimum Gasteiger partial charge on any atom is -0.427 e. The Bertz CT molecular complexity index is 681. The van der Waals surface area contributed by atoms with Crippen molar-refractivity contribution in [2.45, 2.75) is 45.9 Å². The first-order valence-corrected chi connectivity index (χ1v) is 8.20. The van der Waals surface area contributed by atoms with Crippen LogP contribution in [0.5, 0.6) is 0 Å². The second-order valence-electron chi connectivity index (χ2n) is 6.64. The molecule has 25 heavy (non-hydrogen) atoms. The Labute approximate surface area is 143 Å². The summed E-state index contributed by atoms with van der Waals surface area (Å²) in [5.41, 5.74) is -0.606. The minimum atomic E-state index is -4.56. The van der Waals surface area contributed by atoms with E-state index >= 15 is 0 Å². The van der Waals surface area contributed by atoms with Crippen molar-refractivity contribution in [1.82, 2.24) is 4.90 Å². The lowest BCUT2D eigenvalue weighted by Gasteiger charge is -2.33. The van der Waals surface area contributed by atoms with Crippen LogP contribution in [0.4, 0.5) is 13.2 Å². The van der Waals surface area contributed by atoms with Gasteiger partial charge < -0.3 is 14.1 Å². The summed E-state index contributed by atoms with van der Waals surface area (Å²) in [4.78, 5) is 25.7. The molecule has 1 aliphatic heterocycles. The highest BCUT2D eigenvalue weighted by Gasteiger charge is 2.44. The summed E-state index contributed by atoms with van der Waals surface area (Å²) >= 11 is 0. The molecule has 1 aliphatic rings. The van der Waals surface area contributed by atoms with Gasteiger partial charge in [-0.05, 0) is 30.9 Å². The van der Waals surface area contributed by atoms with Gasteiger partial charge in [0.2, 0.25) is 0 Å². The van der Waals surface area contributed by atoms with E-state index in [1.807, 2.05) is 13.8 Å². The predicted octanol–water partition coefficient (Wildman–Crippen LogP) is 2.94. The zero-order valence-corrected chi connectivity index (χ0v) is 14.5. The van der Waals surface area contributed by atoms with E-state index in [-0.39, 0.29) is 18.7 Å². The van der Waals surface area contributed by atoms with Crippen LogP contribution in [0.2, 0.25) is 0 Å². The first-order valence-electron chi connectivity index (χ1n) is 8.20. The highest BCUT2D eigenvalue weighted by molar-refractivity contribution is 5.95. The second-order valence-corrected chi connectivity index (χ2v) is 6.64. The van der Waals surface area contributed by atoms with E-state index in [9.17, 15) is 22.8 Å². The maximum Gasteiger partial charge on any atom is 0.416 e. The van der Waals surface area contributed by atoms with E-state index in [0.29, 0.717) is 23.7 Å². The summed E-state index contributed by atoms with van der Waals surface area (Å²) in [5, 5.41) is 0. The molecular weight excluding hydrogens is 339 g/mol. The van der Waals surface area contributed by atoms with Gasteiger partial charge in [0, 0.05) is 13.0 Å². The number of carbonyl (C=O) groups excluding carboxylic acids is 1. The number of carbonyl (C=O) groups is 1. The van der Waals surface area contributed by atoms with Crippen LogP contribution >= 0.6 is 0 Å². The monoisotopic (exact) mass is 361 g/mol. The molecule has 8 heteroatoms. The van der Waals surface area contributed by atoms with Crippen LogP contribution in [0.15, 0.2) is 15.3 Å². The smallest absolute Gasteiger partial charge is 0.416 e. The molecule has 0 spiro atoms. The third-order valence-corrected chi connectivity index (χ3v) is 4.10. The topological polar surface area (TPSA) is 59.8 Å². The van der Waals surface area contributed by atoms with Crippen molar-refractivity contribution >= 4 is 5.91 Å². The van der Waals surface area contributed by atoms with E-state index in [2.05, 4.69) is 4.74 Å². The molecule has 1 atom stereocenters. The molecule has 2 rings (SSSR count). The summed E-state index contributed by atoms with van der Waals surface area (Å²) < 4.78 is 48.3. The van der Waals surface area contributed by atoms with Crippen molar-refractivity contribution in [3.05, 3.63) is 33.4 Å². The van der Waals surface area contributed by atoms with Crippen LogP contribution in [-0.4, -0.2) is 42.8 Å². The molecule has 1 aromatic rings. The molecule has 0 aromatic carbocycles. The zero-order valence-electron chi connectivity index (χ0n) is 14.5. The zero-order chi connectivity index (χ0) is 18.8. The molecule has 0 bridgehead atoms. The van der Waals surface area contributed by atoms with Gasteiger partial charge in [-0.3, -0.25) is 4.79 Å². The van der Waals surface area contributed by atoms with E-state index in [1.165, 1.54) is 0 Å². The van der Waals surface area contributed by atoms with E-state index in [4.69, 9.17) is 4.42 Å². The largest absolute Gasteiger partial charge is 0.427 e. The highest BCUT2D eigenvalue weighted by atomic mass is 19.4. The Hall–Kier alpha value is -1.83. The Morgan fingerprint density at radius 2 is 2.08 bits per heavy atom. The second kappa shape index (κ2) is 7.59. The van der Waals surface area contributed by atoms with E-state index in [0.717, 1.165) is 11.3 Å². The molecular formula is C17H22F3NO4. The van der Waals surface area contributed by atoms with Crippen molar-refractivity contribution in [3.63, 3.8) is 0 Å². The van der Waals surface area contributed by atoms with Gasteiger partial charge in [0.25, 0.3) is 5.91 Å². The predicted molar refractivity (Wildman–Crippen MR) is 84.6 cm³/mol. The molecule has 1 saturated heterocycles. The lowest BCUT2D eigenvalue weighted by atomic mass is 10.0. The van der Waals surface area contributed by atoms with Gasteiger partial charge in [-0.25, -0.2) is 4.79 Å². The highest BCUT2D eigenvalue weighted by Crippen LogP contribution is 2.26. The van der Waals surface area contributed by atoms with E-state index < -0.39 is 30.4 Å². The van der Waals surface area contributed by atoms with Gasteiger partial charge in [-0.2, -0.15) is 13.2 Å². The molecule has 5 nitrogen and oxygen atoms in total. The van der Waals surface area contributed by atoms with Gasteiger partial charge in [0.1, 0.15) is 11.3 Å². The first kappa shape index (κ1) is 19.5. The summed E-state index contributed by atoms with van der Waals surface area (Å²) in [6.45, 7) is 4.81. The Kier molecular flexibility index (Phi) is 5.92. The number of alkyl halides is 3. The fourth-order valence-corrected chi connectivity index (χ4v) is 2.67. The van der Waals surface area contributed by atoms with Crippen LogP contribution < -0.4 is 5.63 Å². The van der Waals surface area contributed by atoms with Crippen LogP contribution in [-0.2, 0) is 11.2 Å². The average molecular weight is 361 g/mol. The fraction of sp³-hybridized carbons (Fsp3) is 0.647. The molecule has 1 unspecified atom stereocenters. The summed E-state index contributed by atoms with van der Waals surface area (Å²) in [5.74, 6) is 0.154. The first-order chi connectivity index (χ1) is 11.6. The average Bonchev–Trinajstić information content (AvgIpc) is 2.51. The third-order valence-electron chi connectivity index (χ3n) is 4.10. The van der Waals surface area contributed by atoms with Crippen LogP contribution in [0, 0.1) is 12.8 Å². The Morgan fingerprint density at radius 1 is 1.40 bits per heavy atom. The number of amides is 1. The van der Waals surface area contributed by atoms with Gasteiger partial charge in [0.05, 0.1) is 13.2 Å². The number of rotatable bonds is 4. The Balaban J connectivity index is 2.20. The van der Waals surface area contributed by atoms with Crippen LogP contribution in [0.25, 0.3) is 0 Å². The number of nitrogens with zero attached hydrogens (tertiary/aromatic N) is 1. The quantitative estimate of drug-likeness (QED) is 0.827. The maximum atomic E-state index is 12.8. The SMILES string of the molecule is Cc1cc(CCC(C)C)oc(=O)c1C(=O)N1CCOC(C(F)(F)F)C1. The number of hydrogen-bond donors (Lipinski definition) is 0. The molecule has 0 N–H and O–H groups in total. The fourth-order valence-electron chi connectivity index (χ4n) is 2.67. The summed E-state index contributed by atoms with van der Waals surface area (Å²) in [6.07, 6.45) is -5.20. The van der Waals surface area contributed by atoms with Crippen LogP contribution in [0.3, 0.4) is 0 Å². The molecule has 1 fully saturated rings. The van der Waals surface area contributed by atoms with E-state index in [1.54, 1.807) is 13.0 Å². The molecule has 2 heterocycles. The molecule has 1 aromatic heterocycles. The number of hydrogen-bond acceptors (Lipinski definition) is 4. The number of ether oxygens (including phenoxy) is 1. The van der Waals surface area contributed by atoms with Gasteiger partial charge in [0.15, 0.2) is 6.10 Å². The lowest BCUT2D eigenvalue weighted by Crippen LogP contribution is -2.51. The standard InChI is InChI=1S/C17H22F3NO4/c1-10(2)4-5-12-8-11(3)14(16(23)25-12)15(22)21-6-7-24-13(9-21)17(18,19)20/h8,10,13H,4-7,9H2,1-3H3. The van der Waals surface area contributed by atoms with Crippen molar-refractivity contribution in [2.24, 2.45) is 5.92 Å². The maximum absolute atomic E-state index is 12.8. The summed E-state index contributed by atoms with van der Waals surface area (Å²) in [6, 6.07) is 1.61. The minimum absolute atomic E-state index is 0.000601. The number of aryl methyl sites for hydroxylation is 2. The van der Waals surface area contributed by atoms with Crippen molar-refractivity contribution in [1.29, 1.82) is 0 Å². The Morgan fingerprint density at radius 3 is 2.64 bits per heavy atom. The molecule has 1 amide bonds. The van der Waals surface area contributed by atoms with Gasteiger partial charge >= 0.3 is 11.8 Å². The van der Waals surface area contributed by atoms with Gasteiger partial charge in [-0.15, -0.1) is 0 Å². The molecule has 0 radical (unpaired) electrons. The molecule has 0 aliphatic carbocycles. The summed E-state index contributed by atoms with van der Waals surface area (Å²) in [7, 11) is 0. The van der Waals surface area contributed by atoms with Crippen LogP contribution in [0.1, 0.15) is 41.9 Å². The molecule has 140 valence electrons. The number of halogens is 3. The normalized spacial score (nSPS) is 18.7. The molecule has 0 saturated carbocycles. The van der Waals surface area contributed by atoms with Gasteiger partial charge in [-0.1, -0.05) is 13.8 Å². The lowest BCUT2D eigenvalue weighted by molar-refractivity contribution is -0.233.